The number of phenols is 1. The van der Waals surface area contributed by atoms with Crippen molar-refractivity contribution in [2.24, 2.45) is 0 Å². The van der Waals surface area contributed by atoms with E-state index in [2.05, 4.69) is 5.32 Å². The van der Waals surface area contributed by atoms with Crippen LogP contribution in [0.2, 0.25) is 0 Å². The fourth-order valence-corrected chi connectivity index (χ4v) is 4.82. The average molecular weight is 317 g/mol. The first kappa shape index (κ1) is 13.9. The van der Waals surface area contributed by atoms with Crippen molar-refractivity contribution in [3.05, 3.63) is 51.5 Å². The van der Waals surface area contributed by atoms with Crippen molar-refractivity contribution >= 4 is 17.5 Å². The number of dihydropyridines is 1. The molecule has 0 bridgehead atoms. The topological polar surface area (TPSA) is 49.3 Å². The molecule has 2 heterocycles. The number of allylic oxidation sites excluding steroid dienone is 4. The first-order valence-corrected chi connectivity index (χ1v) is 8.51. The molecule has 0 fully saturated rings. The second-order valence-corrected chi connectivity index (χ2v) is 7.01. The van der Waals surface area contributed by atoms with Crippen LogP contribution in [-0.2, 0) is 4.79 Å². The Bertz CT molecular complexity index is 738. The molecule has 0 spiro atoms. The molecule has 5 heteroatoms. The summed E-state index contributed by atoms with van der Waals surface area (Å²) in [6.07, 6.45) is 3.22. The SMILES string of the molecule is O=C1CCCC2=C1C(c1ccc(F)cc1O)C1=C(CCS1)N2. The van der Waals surface area contributed by atoms with Gasteiger partial charge in [0, 0.05) is 45.7 Å². The van der Waals surface area contributed by atoms with Gasteiger partial charge in [0.15, 0.2) is 5.78 Å². The highest BCUT2D eigenvalue weighted by molar-refractivity contribution is 8.03. The van der Waals surface area contributed by atoms with Gasteiger partial charge < -0.3 is 10.4 Å². The lowest BCUT2D eigenvalue weighted by Gasteiger charge is -2.33. The van der Waals surface area contributed by atoms with E-state index in [4.69, 9.17) is 0 Å². The lowest BCUT2D eigenvalue weighted by molar-refractivity contribution is -0.116. The molecule has 0 saturated carbocycles. The summed E-state index contributed by atoms with van der Waals surface area (Å²) in [6, 6.07) is 4.09. The van der Waals surface area contributed by atoms with Crippen molar-refractivity contribution in [3.8, 4) is 5.75 Å². The third-order valence-corrected chi connectivity index (χ3v) is 5.72. The monoisotopic (exact) mass is 317 g/mol. The Hall–Kier alpha value is -1.75. The number of ketones is 1. The van der Waals surface area contributed by atoms with Gasteiger partial charge in [-0.25, -0.2) is 4.39 Å². The summed E-state index contributed by atoms with van der Waals surface area (Å²) in [6.45, 7) is 0. The molecule has 1 unspecified atom stereocenters. The van der Waals surface area contributed by atoms with Crippen LogP contribution in [0.4, 0.5) is 4.39 Å². The molecule has 2 N–H and O–H groups in total. The number of Topliss-reactive ketones (excluding diaryl/α,β-unsaturated/α-hetero) is 1. The normalized spacial score (nSPS) is 24.2. The number of halogens is 1. The second kappa shape index (κ2) is 5.16. The Balaban J connectivity index is 1.90. The first-order valence-electron chi connectivity index (χ1n) is 7.52. The maximum atomic E-state index is 13.3. The van der Waals surface area contributed by atoms with Crippen molar-refractivity contribution in [2.45, 2.75) is 31.6 Å². The molecule has 2 aliphatic heterocycles. The van der Waals surface area contributed by atoms with Crippen LogP contribution in [0.1, 0.15) is 37.2 Å². The Kier molecular flexibility index (Phi) is 3.26. The largest absolute Gasteiger partial charge is 0.508 e. The number of benzene rings is 1. The van der Waals surface area contributed by atoms with Crippen LogP contribution in [-0.4, -0.2) is 16.6 Å². The molecule has 1 atom stereocenters. The Morgan fingerprint density at radius 2 is 2.09 bits per heavy atom. The van der Waals surface area contributed by atoms with E-state index in [0.717, 1.165) is 53.0 Å². The zero-order valence-corrected chi connectivity index (χ0v) is 12.8. The van der Waals surface area contributed by atoms with Crippen molar-refractivity contribution < 1.29 is 14.3 Å². The zero-order chi connectivity index (χ0) is 15.3. The lowest BCUT2D eigenvalue weighted by Crippen LogP contribution is -2.30. The highest BCUT2D eigenvalue weighted by Gasteiger charge is 2.39. The van der Waals surface area contributed by atoms with E-state index in [1.807, 2.05) is 0 Å². The Morgan fingerprint density at radius 1 is 1.23 bits per heavy atom. The molecule has 22 heavy (non-hydrogen) atoms. The van der Waals surface area contributed by atoms with E-state index < -0.39 is 5.82 Å². The molecule has 3 nitrogen and oxygen atoms in total. The Labute approximate surface area is 132 Å². The first-order chi connectivity index (χ1) is 10.6. The third-order valence-electron chi connectivity index (χ3n) is 4.52. The van der Waals surface area contributed by atoms with Crippen molar-refractivity contribution in [3.63, 3.8) is 0 Å². The van der Waals surface area contributed by atoms with Gasteiger partial charge in [0.2, 0.25) is 0 Å². The average Bonchev–Trinajstić information content (AvgIpc) is 2.94. The third kappa shape index (κ3) is 2.07. The van der Waals surface area contributed by atoms with Gasteiger partial charge in [0.05, 0.1) is 5.92 Å². The Morgan fingerprint density at radius 3 is 2.91 bits per heavy atom. The highest BCUT2D eigenvalue weighted by Crippen LogP contribution is 2.51. The smallest absolute Gasteiger partial charge is 0.161 e. The number of hydrogen-bond donors (Lipinski definition) is 2. The van der Waals surface area contributed by atoms with E-state index >= 15 is 0 Å². The number of thioether (sulfide) groups is 1. The fraction of sp³-hybridized carbons (Fsp3) is 0.353. The van der Waals surface area contributed by atoms with Gasteiger partial charge in [-0.05, 0) is 25.3 Å². The summed E-state index contributed by atoms with van der Waals surface area (Å²) >= 11 is 1.73. The van der Waals surface area contributed by atoms with Gasteiger partial charge in [-0.15, -0.1) is 11.8 Å². The van der Waals surface area contributed by atoms with Gasteiger partial charge >= 0.3 is 0 Å². The fourth-order valence-electron chi connectivity index (χ4n) is 3.55. The number of hydrogen-bond acceptors (Lipinski definition) is 4. The van der Waals surface area contributed by atoms with E-state index in [9.17, 15) is 14.3 Å². The molecule has 0 radical (unpaired) electrons. The predicted molar refractivity (Wildman–Crippen MR) is 83.9 cm³/mol. The van der Waals surface area contributed by atoms with Crippen LogP contribution < -0.4 is 5.32 Å². The number of carbonyl (C=O) groups is 1. The number of aromatic hydroxyl groups is 1. The molecular weight excluding hydrogens is 301 g/mol. The molecule has 4 rings (SSSR count). The molecule has 1 aromatic rings. The van der Waals surface area contributed by atoms with E-state index in [1.54, 1.807) is 17.8 Å². The second-order valence-electron chi connectivity index (χ2n) is 5.87. The highest BCUT2D eigenvalue weighted by atomic mass is 32.2. The van der Waals surface area contributed by atoms with E-state index in [-0.39, 0.29) is 17.5 Å². The molecule has 1 aromatic carbocycles. The predicted octanol–water partition coefficient (Wildman–Crippen LogP) is 3.57. The van der Waals surface area contributed by atoms with Gasteiger partial charge in [-0.2, -0.15) is 0 Å². The molecule has 0 aromatic heterocycles. The molecule has 0 saturated heterocycles. The van der Waals surface area contributed by atoms with Crippen LogP contribution in [0, 0.1) is 5.82 Å². The van der Waals surface area contributed by atoms with Gasteiger partial charge in [0.25, 0.3) is 0 Å². The quantitative estimate of drug-likeness (QED) is 0.831. The summed E-state index contributed by atoms with van der Waals surface area (Å²) in [5.41, 5.74) is 3.55. The summed E-state index contributed by atoms with van der Waals surface area (Å²) in [4.78, 5) is 13.6. The van der Waals surface area contributed by atoms with Gasteiger partial charge in [-0.1, -0.05) is 6.07 Å². The lowest BCUT2D eigenvalue weighted by atomic mass is 9.79. The zero-order valence-electron chi connectivity index (χ0n) is 12.0. The standard InChI is InChI=1S/C17H16FNO2S/c18-9-4-5-10(14(21)8-9)15-16-11(2-1-3-13(16)20)19-12-6-7-22-17(12)15/h4-5,8,15,19,21H,1-3,6-7H2. The molecule has 114 valence electrons. The van der Waals surface area contributed by atoms with Gasteiger partial charge in [0.1, 0.15) is 11.6 Å². The maximum Gasteiger partial charge on any atom is 0.161 e. The van der Waals surface area contributed by atoms with Crippen LogP contribution >= 0.6 is 11.8 Å². The van der Waals surface area contributed by atoms with E-state index in [1.165, 1.54) is 6.07 Å². The summed E-state index contributed by atoms with van der Waals surface area (Å²) in [5, 5.41) is 13.7. The van der Waals surface area contributed by atoms with Crippen molar-refractivity contribution in [2.75, 3.05) is 5.75 Å². The van der Waals surface area contributed by atoms with Crippen LogP contribution in [0.15, 0.2) is 40.1 Å². The number of rotatable bonds is 1. The van der Waals surface area contributed by atoms with Crippen LogP contribution in [0.3, 0.4) is 0 Å². The minimum atomic E-state index is -0.465. The van der Waals surface area contributed by atoms with Crippen molar-refractivity contribution in [1.29, 1.82) is 0 Å². The maximum absolute atomic E-state index is 13.3. The number of carbonyl (C=O) groups excluding carboxylic acids is 1. The molecule has 0 amide bonds. The summed E-state index contributed by atoms with van der Waals surface area (Å²) in [7, 11) is 0. The minimum absolute atomic E-state index is 0.0727. The number of nitrogens with one attached hydrogen (secondary N) is 1. The molecule has 3 aliphatic rings. The van der Waals surface area contributed by atoms with E-state index in [0.29, 0.717) is 12.0 Å². The summed E-state index contributed by atoms with van der Waals surface area (Å²) in [5.74, 6) is 0.336. The molecular formula is C17H16FNO2S. The minimum Gasteiger partial charge on any atom is -0.508 e. The molecule has 1 aliphatic carbocycles. The van der Waals surface area contributed by atoms with Crippen molar-refractivity contribution in [1.82, 2.24) is 5.32 Å². The summed E-state index contributed by atoms with van der Waals surface area (Å²) < 4.78 is 13.3. The van der Waals surface area contributed by atoms with Crippen LogP contribution in [0.25, 0.3) is 0 Å². The van der Waals surface area contributed by atoms with Gasteiger partial charge in [-0.3, -0.25) is 4.79 Å². The van der Waals surface area contributed by atoms with Crippen LogP contribution in [0.5, 0.6) is 5.75 Å². The number of phenolic OH excluding ortho intramolecular Hbond substituents is 1.